The molecule has 0 unspecified atom stereocenters. The second-order valence-electron chi connectivity index (χ2n) is 6.85. The number of halogens is 1. The van der Waals surface area contributed by atoms with Gasteiger partial charge in [0.2, 0.25) is 15.9 Å². The van der Waals surface area contributed by atoms with Crippen LogP contribution in [-0.4, -0.2) is 32.3 Å². The summed E-state index contributed by atoms with van der Waals surface area (Å²) in [5.41, 5.74) is 8.32. The monoisotopic (exact) mass is 424 g/mol. The molecule has 0 aliphatic carbocycles. The van der Waals surface area contributed by atoms with Crippen molar-refractivity contribution >= 4 is 39.7 Å². The van der Waals surface area contributed by atoms with Crippen LogP contribution in [0.1, 0.15) is 18.4 Å². The number of nitrogens with zero attached hydrogens (tertiary/aromatic N) is 1. The minimum atomic E-state index is -3.73. The van der Waals surface area contributed by atoms with Gasteiger partial charge >= 0.3 is 0 Å². The van der Waals surface area contributed by atoms with Gasteiger partial charge in [-0.1, -0.05) is 12.1 Å². The van der Waals surface area contributed by atoms with Crippen LogP contribution in [0.15, 0.2) is 53.4 Å². The second-order valence-corrected chi connectivity index (χ2v) is 8.42. The second kappa shape index (κ2) is 9.38. The van der Waals surface area contributed by atoms with E-state index in [4.69, 9.17) is 10.9 Å². The first kappa shape index (κ1) is 22.2. The van der Waals surface area contributed by atoms with Crippen LogP contribution in [0.5, 0.6) is 0 Å². The first-order chi connectivity index (χ1) is 12.8. The zero-order valence-electron chi connectivity index (χ0n) is 15.4. The number of sulfonamides is 1. The van der Waals surface area contributed by atoms with E-state index in [1.165, 1.54) is 17.7 Å². The summed E-state index contributed by atoms with van der Waals surface area (Å²) in [6.45, 7) is 2.52. The standard InChI is InChI=1S/C19H24N4O3S.ClH/c20-16-3-1-2-14(12-16)13-23-10-8-15(9-11-23)19(24)22-17-4-6-18(7-5-17)27(21,25)26;/h1-7,12,15H,8-11,13,20H2,(H,22,24)(H2,21,25,26);1H. The smallest absolute Gasteiger partial charge is 0.238 e. The molecule has 7 nitrogen and oxygen atoms in total. The normalized spacial score (nSPS) is 15.6. The Balaban J connectivity index is 0.00000280. The molecule has 0 aromatic heterocycles. The zero-order valence-corrected chi connectivity index (χ0v) is 17.0. The van der Waals surface area contributed by atoms with E-state index < -0.39 is 10.0 Å². The Hall–Kier alpha value is -2.13. The Kier molecular flexibility index (Phi) is 7.42. The Morgan fingerprint density at radius 3 is 2.32 bits per heavy atom. The summed E-state index contributed by atoms with van der Waals surface area (Å²) in [5, 5.41) is 7.93. The number of carbonyl (C=O) groups is 1. The van der Waals surface area contributed by atoms with Crippen molar-refractivity contribution in [2.75, 3.05) is 24.1 Å². The van der Waals surface area contributed by atoms with Crippen LogP contribution in [0, 0.1) is 5.92 Å². The predicted molar refractivity (Wildman–Crippen MR) is 113 cm³/mol. The maximum atomic E-state index is 12.5. The minimum Gasteiger partial charge on any atom is -0.399 e. The van der Waals surface area contributed by atoms with Gasteiger partial charge in [0.1, 0.15) is 0 Å². The lowest BCUT2D eigenvalue weighted by molar-refractivity contribution is -0.121. The van der Waals surface area contributed by atoms with E-state index in [1.54, 1.807) is 12.1 Å². The third-order valence-electron chi connectivity index (χ3n) is 4.77. The first-order valence-electron chi connectivity index (χ1n) is 8.82. The molecule has 3 rings (SSSR count). The van der Waals surface area contributed by atoms with Crippen molar-refractivity contribution in [3.05, 3.63) is 54.1 Å². The molecule has 1 amide bonds. The highest BCUT2D eigenvalue weighted by atomic mass is 35.5. The molecule has 152 valence electrons. The average Bonchev–Trinajstić information content (AvgIpc) is 2.62. The number of amides is 1. The lowest BCUT2D eigenvalue weighted by Gasteiger charge is -2.31. The summed E-state index contributed by atoms with van der Waals surface area (Å²) >= 11 is 0. The number of benzene rings is 2. The van der Waals surface area contributed by atoms with Crippen molar-refractivity contribution in [1.29, 1.82) is 0 Å². The van der Waals surface area contributed by atoms with E-state index >= 15 is 0 Å². The highest BCUT2D eigenvalue weighted by molar-refractivity contribution is 7.89. The maximum absolute atomic E-state index is 12.5. The number of anilines is 2. The van der Waals surface area contributed by atoms with Gasteiger partial charge in [-0.25, -0.2) is 13.6 Å². The fourth-order valence-corrected chi connectivity index (χ4v) is 3.79. The fourth-order valence-electron chi connectivity index (χ4n) is 3.28. The Morgan fingerprint density at radius 2 is 1.75 bits per heavy atom. The molecule has 9 heteroatoms. The van der Waals surface area contributed by atoms with Crippen molar-refractivity contribution in [3.8, 4) is 0 Å². The summed E-state index contributed by atoms with van der Waals surface area (Å²) in [7, 11) is -3.73. The third-order valence-corrected chi connectivity index (χ3v) is 5.70. The van der Waals surface area contributed by atoms with Crippen LogP contribution in [0.3, 0.4) is 0 Å². The van der Waals surface area contributed by atoms with E-state index in [9.17, 15) is 13.2 Å². The molecular formula is C19H25ClN4O3S. The van der Waals surface area contributed by atoms with E-state index in [0.717, 1.165) is 38.2 Å². The van der Waals surface area contributed by atoms with Crippen LogP contribution in [0.2, 0.25) is 0 Å². The number of nitrogens with two attached hydrogens (primary N) is 2. The van der Waals surface area contributed by atoms with Crippen molar-refractivity contribution in [2.24, 2.45) is 11.1 Å². The number of primary sulfonamides is 1. The van der Waals surface area contributed by atoms with Crippen molar-refractivity contribution in [2.45, 2.75) is 24.3 Å². The van der Waals surface area contributed by atoms with Gasteiger partial charge in [-0.15, -0.1) is 12.4 Å². The highest BCUT2D eigenvalue weighted by Crippen LogP contribution is 2.22. The molecule has 1 fully saturated rings. The van der Waals surface area contributed by atoms with Crippen molar-refractivity contribution in [3.63, 3.8) is 0 Å². The average molecular weight is 425 g/mol. The van der Waals surface area contributed by atoms with Crippen molar-refractivity contribution < 1.29 is 13.2 Å². The molecule has 1 aliphatic rings. The molecule has 0 saturated carbocycles. The summed E-state index contributed by atoms with van der Waals surface area (Å²) in [4.78, 5) is 14.8. The van der Waals surface area contributed by atoms with Crippen LogP contribution in [0.4, 0.5) is 11.4 Å². The number of piperidine rings is 1. The number of rotatable bonds is 5. The fraction of sp³-hybridized carbons (Fsp3) is 0.316. The van der Waals surface area contributed by atoms with Gasteiger partial charge in [-0.2, -0.15) is 0 Å². The van der Waals surface area contributed by atoms with Crippen LogP contribution in [-0.2, 0) is 21.4 Å². The molecule has 5 N–H and O–H groups in total. The molecule has 0 atom stereocenters. The quantitative estimate of drug-likeness (QED) is 0.635. The van der Waals surface area contributed by atoms with E-state index in [-0.39, 0.29) is 29.1 Å². The van der Waals surface area contributed by atoms with E-state index in [0.29, 0.717) is 5.69 Å². The van der Waals surface area contributed by atoms with Crippen LogP contribution >= 0.6 is 12.4 Å². The molecule has 28 heavy (non-hydrogen) atoms. The molecular weight excluding hydrogens is 400 g/mol. The van der Waals surface area contributed by atoms with Gasteiger partial charge in [-0.05, 0) is 67.9 Å². The number of nitrogens with one attached hydrogen (secondary N) is 1. The van der Waals surface area contributed by atoms with E-state index in [2.05, 4.69) is 16.3 Å². The van der Waals surface area contributed by atoms with Crippen LogP contribution < -0.4 is 16.2 Å². The molecule has 1 heterocycles. The summed E-state index contributed by atoms with van der Waals surface area (Å²) in [5.74, 6) is -0.0954. The Morgan fingerprint density at radius 1 is 1.11 bits per heavy atom. The largest absolute Gasteiger partial charge is 0.399 e. The molecule has 0 radical (unpaired) electrons. The summed E-state index contributed by atoms with van der Waals surface area (Å²) in [6.07, 6.45) is 1.56. The van der Waals surface area contributed by atoms with Gasteiger partial charge in [0.05, 0.1) is 4.90 Å². The lowest BCUT2D eigenvalue weighted by atomic mass is 9.95. The maximum Gasteiger partial charge on any atom is 0.238 e. The van der Waals surface area contributed by atoms with Crippen LogP contribution in [0.25, 0.3) is 0 Å². The van der Waals surface area contributed by atoms with Gasteiger partial charge in [0, 0.05) is 23.8 Å². The number of hydrogen-bond donors (Lipinski definition) is 3. The van der Waals surface area contributed by atoms with Gasteiger partial charge in [0.25, 0.3) is 0 Å². The highest BCUT2D eigenvalue weighted by Gasteiger charge is 2.25. The van der Waals surface area contributed by atoms with Crippen molar-refractivity contribution in [1.82, 2.24) is 4.90 Å². The minimum absolute atomic E-state index is 0. The molecule has 0 bridgehead atoms. The molecule has 1 aliphatic heterocycles. The zero-order chi connectivity index (χ0) is 19.4. The lowest BCUT2D eigenvalue weighted by Crippen LogP contribution is -2.37. The van der Waals surface area contributed by atoms with Gasteiger partial charge in [0.15, 0.2) is 0 Å². The summed E-state index contributed by atoms with van der Waals surface area (Å²) in [6, 6.07) is 13.7. The number of carbonyl (C=O) groups excluding carboxylic acids is 1. The Labute approximate surface area is 171 Å². The number of likely N-dealkylation sites (tertiary alicyclic amines) is 1. The first-order valence-corrected chi connectivity index (χ1v) is 10.4. The molecule has 1 saturated heterocycles. The topological polar surface area (TPSA) is 119 Å². The molecule has 2 aromatic rings. The third kappa shape index (κ3) is 5.93. The van der Waals surface area contributed by atoms with Gasteiger partial charge in [-0.3, -0.25) is 9.69 Å². The molecule has 2 aromatic carbocycles. The SMILES string of the molecule is Cl.Nc1cccc(CN2CCC(C(=O)Nc3ccc(S(N)(=O)=O)cc3)CC2)c1. The van der Waals surface area contributed by atoms with Gasteiger partial charge < -0.3 is 11.1 Å². The molecule has 0 spiro atoms. The predicted octanol–water partition coefficient (Wildman–Crippen LogP) is 2.19. The number of hydrogen-bond acceptors (Lipinski definition) is 5. The number of nitrogen functional groups attached to an aromatic ring is 1. The summed E-state index contributed by atoms with van der Waals surface area (Å²) < 4.78 is 22.5. The Bertz CT molecular complexity index is 911. The van der Waals surface area contributed by atoms with E-state index in [1.807, 2.05) is 18.2 Å².